The van der Waals surface area contributed by atoms with Gasteiger partial charge in [0, 0.05) is 101 Å². The number of rotatable bonds is 7. The van der Waals surface area contributed by atoms with Crippen molar-refractivity contribution in [2.75, 3.05) is 69.2 Å². The summed E-state index contributed by atoms with van der Waals surface area (Å²) in [6, 6.07) is 13.2. The minimum Gasteiger partial charge on any atom is -0.354 e. The van der Waals surface area contributed by atoms with E-state index in [1.54, 1.807) is 35.5 Å². The first kappa shape index (κ1) is 29.5. The highest BCUT2D eigenvalue weighted by molar-refractivity contribution is 5.98. The fraction of sp³-hybridized carbons (Fsp3) is 0.324. The minimum atomic E-state index is -0.0414. The Labute approximate surface area is 267 Å². The number of nitrogens with zero attached hydrogens (tertiary/aromatic N) is 10. The van der Waals surface area contributed by atoms with Gasteiger partial charge < -0.3 is 19.6 Å². The van der Waals surface area contributed by atoms with Crippen LogP contribution in [0.15, 0.2) is 73.4 Å². The number of hydrogen-bond acceptors (Lipinski definition) is 10. The third-order valence-corrected chi connectivity index (χ3v) is 8.75. The Bertz CT molecular complexity index is 1870. The molecule has 5 aromatic heterocycles. The zero-order valence-corrected chi connectivity index (χ0v) is 26.1. The molecule has 5 aromatic rings. The maximum atomic E-state index is 13.3. The van der Waals surface area contributed by atoms with E-state index < -0.39 is 0 Å². The van der Waals surface area contributed by atoms with Crippen LogP contribution in [-0.2, 0) is 13.5 Å². The third kappa shape index (κ3) is 6.29. The highest BCUT2D eigenvalue weighted by Gasteiger charge is 2.24. The van der Waals surface area contributed by atoms with Gasteiger partial charge in [0.2, 0.25) is 0 Å². The second-order valence-corrected chi connectivity index (χ2v) is 11.9. The first-order valence-electron chi connectivity index (χ1n) is 15.6. The van der Waals surface area contributed by atoms with Gasteiger partial charge in [-0.25, -0.2) is 15.0 Å². The van der Waals surface area contributed by atoms with Gasteiger partial charge >= 0.3 is 0 Å². The summed E-state index contributed by atoms with van der Waals surface area (Å²) in [5.74, 6) is 1.59. The van der Waals surface area contributed by atoms with Gasteiger partial charge in [-0.3, -0.25) is 19.3 Å². The standard InChI is InChI=1S/C34H36N10O2/c1-40-9-11-42(12-10-40)32-6-4-26(21-37-32)34(46)44-15-13-43(14-16-44)33-17-24(7-8-35-33)31(45)19-28-18-30-25(20-36-28)3-5-29(39-30)27-22-38-41(2)23-27/h3-8,17-18,20-23H,9-16,19H2,1-2H3. The molecular weight excluding hydrogens is 580 g/mol. The molecule has 0 radical (unpaired) electrons. The lowest BCUT2D eigenvalue weighted by Gasteiger charge is -2.35. The van der Waals surface area contributed by atoms with E-state index in [0.717, 1.165) is 60.0 Å². The van der Waals surface area contributed by atoms with E-state index in [0.29, 0.717) is 43.0 Å². The predicted octanol–water partition coefficient (Wildman–Crippen LogP) is 2.96. The monoisotopic (exact) mass is 616 g/mol. The van der Waals surface area contributed by atoms with Gasteiger partial charge in [0.15, 0.2) is 5.78 Å². The summed E-state index contributed by atoms with van der Waals surface area (Å²) in [4.78, 5) is 53.5. The van der Waals surface area contributed by atoms with Gasteiger partial charge in [-0.05, 0) is 49.5 Å². The van der Waals surface area contributed by atoms with Crippen molar-refractivity contribution in [3.05, 3.63) is 90.3 Å². The van der Waals surface area contributed by atoms with Crippen molar-refractivity contribution in [3.63, 3.8) is 0 Å². The van der Waals surface area contributed by atoms with E-state index in [1.807, 2.05) is 54.5 Å². The molecule has 0 unspecified atom stereocenters. The van der Waals surface area contributed by atoms with Crippen molar-refractivity contribution < 1.29 is 9.59 Å². The van der Waals surface area contributed by atoms with Crippen LogP contribution in [0.3, 0.4) is 0 Å². The fourth-order valence-electron chi connectivity index (χ4n) is 5.96. The Hall–Kier alpha value is -5.23. The Morgan fingerprint density at radius 1 is 0.739 bits per heavy atom. The van der Waals surface area contributed by atoms with Crippen LogP contribution >= 0.6 is 0 Å². The average molecular weight is 617 g/mol. The molecule has 0 N–H and O–H groups in total. The van der Waals surface area contributed by atoms with Crippen LogP contribution in [-0.4, -0.2) is 111 Å². The van der Waals surface area contributed by atoms with E-state index in [2.05, 4.69) is 41.8 Å². The summed E-state index contributed by atoms with van der Waals surface area (Å²) < 4.78 is 1.74. The molecular formula is C34H36N10O2. The lowest BCUT2D eigenvalue weighted by molar-refractivity contribution is 0.0746. The number of pyridine rings is 4. The van der Waals surface area contributed by atoms with E-state index in [4.69, 9.17) is 4.98 Å². The Morgan fingerprint density at radius 3 is 2.26 bits per heavy atom. The van der Waals surface area contributed by atoms with Crippen LogP contribution in [0.1, 0.15) is 26.4 Å². The van der Waals surface area contributed by atoms with E-state index >= 15 is 0 Å². The number of piperazine rings is 2. The van der Waals surface area contributed by atoms with Crippen LogP contribution in [0.4, 0.5) is 11.6 Å². The average Bonchev–Trinajstić information content (AvgIpc) is 3.54. The molecule has 12 nitrogen and oxygen atoms in total. The van der Waals surface area contributed by atoms with Gasteiger partial charge in [0.1, 0.15) is 11.6 Å². The molecule has 0 aliphatic carbocycles. The number of carbonyl (C=O) groups is 2. The SMILES string of the molecule is CN1CCN(c2ccc(C(=O)N3CCN(c4cc(C(=O)Cc5cc6nc(-c7cnn(C)c7)ccc6cn5)ccn4)CC3)cn2)CC1. The van der Waals surface area contributed by atoms with Gasteiger partial charge in [-0.15, -0.1) is 0 Å². The molecule has 2 aliphatic heterocycles. The first-order chi connectivity index (χ1) is 22.4. The topological polar surface area (TPSA) is 116 Å². The zero-order valence-electron chi connectivity index (χ0n) is 26.1. The maximum absolute atomic E-state index is 13.3. The number of aromatic nitrogens is 6. The number of hydrogen-bond donors (Lipinski definition) is 0. The Morgan fingerprint density at radius 2 is 1.52 bits per heavy atom. The smallest absolute Gasteiger partial charge is 0.255 e. The molecule has 0 spiro atoms. The number of Topliss-reactive ketones (excluding diaryl/α,β-unsaturated/α-hetero) is 1. The minimum absolute atomic E-state index is 0.0149. The summed E-state index contributed by atoms with van der Waals surface area (Å²) in [6.45, 7) is 6.26. The summed E-state index contributed by atoms with van der Waals surface area (Å²) in [5.41, 5.74) is 4.37. The zero-order chi connectivity index (χ0) is 31.6. The Kier molecular flexibility index (Phi) is 8.10. The van der Waals surface area contributed by atoms with Crippen molar-refractivity contribution in [1.82, 2.24) is 39.5 Å². The molecule has 46 heavy (non-hydrogen) atoms. The molecule has 0 atom stereocenters. The predicted molar refractivity (Wildman–Crippen MR) is 176 cm³/mol. The van der Waals surface area contributed by atoms with Gasteiger partial charge in [-0.1, -0.05) is 0 Å². The lowest BCUT2D eigenvalue weighted by Crippen LogP contribution is -2.49. The number of aryl methyl sites for hydroxylation is 1. The lowest BCUT2D eigenvalue weighted by atomic mass is 10.1. The Balaban J connectivity index is 0.967. The highest BCUT2D eigenvalue weighted by atomic mass is 16.2. The normalized spacial score (nSPS) is 15.8. The summed E-state index contributed by atoms with van der Waals surface area (Å²) in [7, 11) is 4.00. The third-order valence-electron chi connectivity index (χ3n) is 8.75. The van der Waals surface area contributed by atoms with E-state index in [9.17, 15) is 9.59 Å². The maximum Gasteiger partial charge on any atom is 0.255 e. The van der Waals surface area contributed by atoms with Crippen LogP contribution in [0.2, 0.25) is 0 Å². The van der Waals surface area contributed by atoms with Crippen molar-refractivity contribution >= 4 is 34.2 Å². The van der Waals surface area contributed by atoms with E-state index in [1.165, 1.54) is 0 Å². The largest absolute Gasteiger partial charge is 0.354 e. The van der Waals surface area contributed by atoms with Crippen LogP contribution in [0.25, 0.3) is 22.2 Å². The van der Waals surface area contributed by atoms with Crippen molar-refractivity contribution in [2.45, 2.75) is 6.42 Å². The second kappa shape index (κ2) is 12.6. The number of likely N-dealkylation sites (N-methyl/N-ethyl adjacent to an activating group) is 1. The molecule has 234 valence electrons. The number of carbonyl (C=O) groups excluding carboxylic acids is 2. The number of fused-ring (bicyclic) bond motifs is 1. The quantitative estimate of drug-likeness (QED) is 0.253. The van der Waals surface area contributed by atoms with Gasteiger partial charge in [0.05, 0.1) is 35.1 Å². The van der Waals surface area contributed by atoms with Crippen molar-refractivity contribution in [2.24, 2.45) is 7.05 Å². The van der Waals surface area contributed by atoms with E-state index in [-0.39, 0.29) is 18.1 Å². The molecule has 2 aliphatic rings. The first-order valence-corrected chi connectivity index (χ1v) is 15.6. The molecule has 0 saturated carbocycles. The molecule has 12 heteroatoms. The molecule has 1 amide bonds. The van der Waals surface area contributed by atoms with Crippen LogP contribution in [0, 0.1) is 0 Å². The number of amides is 1. The summed E-state index contributed by atoms with van der Waals surface area (Å²) >= 11 is 0. The molecule has 0 bridgehead atoms. The number of anilines is 2. The summed E-state index contributed by atoms with van der Waals surface area (Å²) in [5, 5.41) is 5.14. The molecule has 0 aromatic carbocycles. The molecule has 2 saturated heterocycles. The van der Waals surface area contributed by atoms with Gasteiger partial charge in [0.25, 0.3) is 5.91 Å². The van der Waals surface area contributed by atoms with Crippen molar-refractivity contribution in [1.29, 1.82) is 0 Å². The van der Waals surface area contributed by atoms with Crippen LogP contribution < -0.4 is 9.80 Å². The van der Waals surface area contributed by atoms with Crippen molar-refractivity contribution in [3.8, 4) is 11.3 Å². The van der Waals surface area contributed by atoms with Gasteiger partial charge in [-0.2, -0.15) is 5.10 Å². The molecule has 7 rings (SSSR count). The number of ketones is 1. The van der Waals surface area contributed by atoms with Crippen LogP contribution in [0.5, 0.6) is 0 Å². The fourth-order valence-corrected chi connectivity index (χ4v) is 5.96. The highest BCUT2D eigenvalue weighted by Crippen LogP contribution is 2.22. The molecule has 7 heterocycles. The second-order valence-electron chi connectivity index (χ2n) is 11.9. The summed E-state index contributed by atoms with van der Waals surface area (Å²) in [6.07, 6.45) is 8.98. The molecule has 2 fully saturated rings.